The highest BCUT2D eigenvalue weighted by atomic mass is 19.4. The lowest BCUT2D eigenvalue weighted by Gasteiger charge is -2.26. The lowest BCUT2D eigenvalue weighted by atomic mass is 9.94. The third-order valence-corrected chi connectivity index (χ3v) is 3.62. The van der Waals surface area contributed by atoms with Crippen molar-refractivity contribution in [1.82, 2.24) is 4.90 Å². The first-order chi connectivity index (χ1) is 9.93. The van der Waals surface area contributed by atoms with E-state index in [1.807, 2.05) is 0 Å². The first-order valence-corrected chi connectivity index (χ1v) is 6.95. The molecule has 0 aliphatic heterocycles. The molecule has 0 heterocycles. The number of nitrogens with zero attached hydrogens (tertiary/aromatic N) is 1. The van der Waals surface area contributed by atoms with Crippen LogP contribution < -0.4 is 0 Å². The quantitative estimate of drug-likeness (QED) is 0.877. The molecule has 1 aromatic rings. The van der Waals surface area contributed by atoms with E-state index in [2.05, 4.69) is 0 Å². The first kappa shape index (κ1) is 15.8. The van der Waals surface area contributed by atoms with Crippen molar-refractivity contribution in [2.45, 2.75) is 37.4 Å². The molecule has 0 spiro atoms. The Morgan fingerprint density at radius 2 is 1.90 bits per heavy atom. The summed E-state index contributed by atoms with van der Waals surface area (Å²) >= 11 is 0. The third-order valence-electron chi connectivity index (χ3n) is 3.62. The van der Waals surface area contributed by atoms with Crippen LogP contribution in [0.1, 0.15) is 30.7 Å². The minimum Gasteiger partial charge on any atom is -0.395 e. The Hall–Kier alpha value is -1.56. The fourth-order valence-corrected chi connectivity index (χ4v) is 2.40. The minimum atomic E-state index is -4.47. The van der Waals surface area contributed by atoms with Crippen LogP contribution in [0.3, 0.4) is 0 Å². The molecular weight excluding hydrogens is 283 g/mol. The van der Waals surface area contributed by atoms with Gasteiger partial charge in [-0.05, 0) is 18.4 Å². The number of benzene rings is 1. The second kappa shape index (κ2) is 6.47. The van der Waals surface area contributed by atoms with Crippen molar-refractivity contribution in [3.63, 3.8) is 0 Å². The standard InChI is InChI=1S/C15H18F3NO2/c16-15(17,18)13(11-4-2-1-3-5-11)10-14(21)19(8-9-20)12-6-7-12/h1-5,12-13,20H,6-10H2. The second-order valence-electron chi connectivity index (χ2n) is 5.25. The molecule has 0 aromatic heterocycles. The van der Waals surface area contributed by atoms with Crippen LogP contribution in [0.5, 0.6) is 0 Å². The van der Waals surface area contributed by atoms with E-state index >= 15 is 0 Å². The molecule has 6 heteroatoms. The van der Waals surface area contributed by atoms with E-state index in [1.165, 1.54) is 29.2 Å². The van der Waals surface area contributed by atoms with E-state index < -0.39 is 24.4 Å². The highest BCUT2D eigenvalue weighted by Gasteiger charge is 2.43. The molecule has 1 atom stereocenters. The van der Waals surface area contributed by atoms with Crippen LogP contribution in [-0.2, 0) is 4.79 Å². The van der Waals surface area contributed by atoms with Gasteiger partial charge in [-0.1, -0.05) is 30.3 Å². The molecule has 116 valence electrons. The van der Waals surface area contributed by atoms with Gasteiger partial charge in [0.2, 0.25) is 5.91 Å². The molecule has 3 nitrogen and oxygen atoms in total. The van der Waals surface area contributed by atoms with Gasteiger partial charge in [0.1, 0.15) is 0 Å². The lowest BCUT2D eigenvalue weighted by molar-refractivity contribution is -0.161. The molecule has 1 aliphatic rings. The topological polar surface area (TPSA) is 40.5 Å². The molecule has 1 aromatic carbocycles. The number of hydrogen-bond donors (Lipinski definition) is 1. The molecule has 1 aliphatic carbocycles. The van der Waals surface area contributed by atoms with Gasteiger partial charge >= 0.3 is 6.18 Å². The predicted octanol–water partition coefficient (Wildman–Crippen LogP) is 2.71. The zero-order valence-corrected chi connectivity index (χ0v) is 11.5. The molecule has 1 N–H and O–H groups in total. The van der Waals surface area contributed by atoms with Crippen LogP contribution in [0.25, 0.3) is 0 Å². The summed E-state index contributed by atoms with van der Waals surface area (Å²) in [7, 11) is 0. The van der Waals surface area contributed by atoms with Gasteiger partial charge in [-0.3, -0.25) is 4.79 Å². The number of carbonyl (C=O) groups is 1. The van der Waals surface area contributed by atoms with E-state index in [0.717, 1.165) is 12.8 Å². The van der Waals surface area contributed by atoms with E-state index in [1.54, 1.807) is 6.07 Å². The molecule has 2 rings (SSSR count). The van der Waals surface area contributed by atoms with Crippen LogP contribution in [-0.4, -0.2) is 41.3 Å². The highest BCUT2D eigenvalue weighted by Crippen LogP contribution is 2.38. The molecular formula is C15H18F3NO2. The van der Waals surface area contributed by atoms with Crippen LogP contribution in [0.15, 0.2) is 30.3 Å². The number of carbonyl (C=O) groups excluding carboxylic acids is 1. The minimum absolute atomic E-state index is 0.00527. The Balaban J connectivity index is 2.13. The van der Waals surface area contributed by atoms with Crippen molar-refractivity contribution in [3.05, 3.63) is 35.9 Å². The van der Waals surface area contributed by atoms with Crippen LogP contribution in [0.4, 0.5) is 13.2 Å². The van der Waals surface area contributed by atoms with Gasteiger partial charge in [0.05, 0.1) is 12.5 Å². The summed E-state index contributed by atoms with van der Waals surface area (Å²) in [4.78, 5) is 13.5. The average molecular weight is 301 g/mol. The van der Waals surface area contributed by atoms with Crippen molar-refractivity contribution in [2.24, 2.45) is 0 Å². The highest BCUT2D eigenvalue weighted by molar-refractivity contribution is 5.78. The fourth-order valence-electron chi connectivity index (χ4n) is 2.40. The van der Waals surface area contributed by atoms with Gasteiger partial charge in [-0.25, -0.2) is 0 Å². The lowest BCUT2D eigenvalue weighted by Crippen LogP contribution is -2.38. The summed E-state index contributed by atoms with van der Waals surface area (Å²) in [5, 5.41) is 8.96. The van der Waals surface area contributed by atoms with Crippen molar-refractivity contribution < 1.29 is 23.1 Å². The predicted molar refractivity (Wildman–Crippen MR) is 71.7 cm³/mol. The Kier molecular flexibility index (Phi) is 4.88. The van der Waals surface area contributed by atoms with E-state index in [0.29, 0.717) is 0 Å². The van der Waals surface area contributed by atoms with E-state index in [9.17, 15) is 18.0 Å². The Morgan fingerprint density at radius 3 is 2.38 bits per heavy atom. The van der Waals surface area contributed by atoms with Crippen molar-refractivity contribution in [3.8, 4) is 0 Å². The summed E-state index contributed by atoms with van der Waals surface area (Å²) in [6.45, 7) is -0.132. The van der Waals surface area contributed by atoms with Crippen molar-refractivity contribution in [2.75, 3.05) is 13.2 Å². The maximum atomic E-state index is 13.2. The summed E-state index contributed by atoms with van der Waals surface area (Å²) in [5.74, 6) is -2.34. The number of rotatable bonds is 6. The molecule has 0 saturated heterocycles. The van der Waals surface area contributed by atoms with Crippen LogP contribution in [0, 0.1) is 0 Å². The van der Waals surface area contributed by atoms with Gasteiger partial charge in [0.15, 0.2) is 0 Å². The number of amides is 1. The average Bonchev–Trinajstić information content (AvgIpc) is 3.26. The first-order valence-electron chi connectivity index (χ1n) is 6.95. The van der Waals surface area contributed by atoms with E-state index in [4.69, 9.17) is 5.11 Å². The summed E-state index contributed by atoms with van der Waals surface area (Å²) in [5.41, 5.74) is 0.0955. The van der Waals surface area contributed by atoms with Gasteiger partial charge < -0.3 is 10.0 Å². The van der Waals surface area contributed by atoms with Crippen LogP contribution in [0.2, 0.25) is 0 Å². The van der Waals surface area contributed by atoms with E-state index in [-0.39, 0.29) is 24.8 Å². The summed E-state index contributed by atoms with van der Waals surface area (Å²) in [6.07, 6.45) is -3.48. The molecule has 1 saturated carbocycles. The molecule has 1 fully saturated rings. The number of hydrogen-bond acceptors (Lipinski definition) is 2. The van der Waals surface area contributed by atoms with Crippen LogP contribution >= 0.6 is 0 Å². The SMILES string of the molecule is O=C(CC(c1ccccc1)C(F)(F)F)N(CCO)C1CC1. The number of aliphatic hydroxyl groups is 1. The molecule has 1 amide bonds. The Labute approximate surface area is 121 Å². The fraction of sp³-hybridized carbons (Fsp3) is 0.533. The maximum Gasteiger partial charge on any atom is 0.396 e. The molecule has 1 unspecified atom stereocenters. The zero-order chi connectivity index (χ0) is 15.5. The smallest absolute Gasteiger partial charge is 0.395 e. The molecule has 0 bridgehead atoms. The normalized spacial score (nSPS) is 16.6. The largest absolute Gasteiger partial charge is 0.396 e. The third kappa shape index (κ3) is 4.20. The van der Waals surface area contributed by atoms with Gasteiger partial charge in [0.25, 0.3) is 0 Å². The number of aliphatic hydroxyl groups excluding tert-OH is 1. The number of halogens is 3. The summed E-state index contributed by atoms with van der Waals surface area (Å²) in [6, 6.07) is 7.48. The Bertz CT molecular complexity index is 472. The number of alkyl halides is 3. The summed E-state index contributed by atoms with van der Waals surface area (Å²) < 4.78 is 39.6. The van der Waals surface area contributed by atoms with Crippen molar-refractivity contribution in [1.29, 1.82) is 0 Å². The Morgan fingerprint density at radius 1 is 1.29 bits per heavy atom. The maximum absolute atomic E-state index is 13.2. The van der Waals surface area contributed by atoms with Gasteiger partial charge in [-0.2, -0.15) is 13.2 Å². The monoisotopic (exact) mass is 301 g/mol. The van der Waals surface area contributed by atoms with Gasteiger partial charge in [0, 0.05) is 19.0 Å². The van der Waals surface area contributed by atoms with Crippen molar-refractivity contribution >= 4 is 5.91 Å². The van der Waals surface area contributed by atoms with Gasteiger partial charge in [-0.15, -0.1) is 0 Å². The zero-order valence-electron chi connectivity index (χ0n) is 11.5. The molecule has 0 radical (unpaired) electrons. The second-order valence-corrected chi connectivity index (χ2v) is 5.25. The molecule has 21 heavy (non-hydrogen) atoms.